The third-order valence-corrected chi connectivity index (χ3v) is 5.51. The molecular formula is C17H24BrFN2. The lowest BCUT2D eigenvalue weighted by Crippen LogP contribution is -2.56. The Labute approximate surface area is 135 Å². The molecule has 2 atom stereocenters. The highest BCUT2D eigenvalue weighted by Crippen LogP contribution is 2.40. The topological polar surface area (TPSA) is 15.3 Å². The van der Waals surface area contributed by atoms with Crippen LogP contribution in [0.15, 0.2) is 22.7 Å². The minimum atomic E-state index is -0.141. The molecule has 0 amide bonds. The lowest BCUT2D eigenvalue weighted by molar-refractivity contribution is 0.245. The predicted molar refractivity (Wildman–Crippen MR) is 89.3 cm³/mol. The molecule has 0 aromatic heterocycles. The van der Waals surface area contributed by atoms with Gasteiger partial charge in [0, 0.05) is 22.6 Å². The van der Waals surface area contributed by atoms with E-state index < -0.39 is 0 Å². The number of hydrogen-bond acceptors (Lipinski definition) is 2. The van der Waals surface area contributed by atoms with Gasteiger partial charge in [-0.3, -0.25) is 0 Å². The molecule has 116 valence electrons. The van der Waals surface area contributed by atoms with Gasteiger partial charge in [-0.05, 0) is 79.2 Å². The third kappa shape index (κ3) is 3.26. The van der Waals surface area contributed by atoms with Gasteiger partial charge in [-0.25, -0.2) is 4.39 Å². The smallest absolute Gasteiger partial charge is 0.125 e. The summed E-state index contributed by atoms with van der Waals surface area (Å²) < 4.78 is 14.7. The zero-order chi connectivity index (χ0) is 14.8. The van der Waals surface area contributed by atoms with Crippen molar-refractivity contribution in [1.82, 2.24) is 5.32 Å². The highest BCUT2D eigenvalue weighted by atomic mass is 79.9. The Morgan fingerprint density at radius 3 is 2.67 bits per heavy atom. The van der Waals surface area contributed by atoms with Crippen LogP contribution in [0.25, 0.3) is 0 Å². The Balaban J connectivity index is 1.82. The van der Waals surface area contributed by atoms with Crippen molar-refractivity contribution in [2.24, 2.45) is 0 Å². The Bertz CT molecular complexity index is 480. The van der Waals surface area contributed by atoms with E-state index in [1.54, 1.807) is 6.07 Å². The van der Waals surface area contributed by atoms with Gasteiger partial charge in [0.05, 0.1) is 5.69 Å². The number of piperidine rings is 2. The molecule has 4 heteroatoms. The van der Waals surface area contributed by atoms with E-state index in [1.807, 2.05) is 6.07 Å². The van der Waals surface area contributed by atoms with Gasteiger partial charge in [0.25, 0.3) is 0 Å². The summed E-state index contributed by atoms with van der Waals surface area (Å²) in [5.74, 6) is -0.141. The minimum absolute atomic E-state index is 0.141. The van der Waals surface area contributed by atoms with E-state index in [4.69, 9.17) is 0 Å². The summed E-state index contributed by atoms with van der Waals surface area (Å²) in [6, 6.07) is 6.77. The molecule has 0 aliphatic carbocycles. The van der Waals surface area contributed by atoms with Crippen molar-refractivity contribution in [1.29, 1.82) is 0 Å². The number of anilines is 1. The summed E-state index contributed by atoms with van der Waals surface area (Å²) in [6.07, 6.45) is 7.30. The maximum absolute atomic E-state index is 13.7. The highest BCUT2D eigenvalue weighted by Gasteiger charge is 2.38. The standard InChI is InChI=1S/C17H24BrFN2/c1-2-8-20-13-10-14-4-3-5-15(11-13)21(14)17-9-12(19)6-7-16(17)18/h6-7,9,13-15,20H,2-5,8,10-11H2,1H3. The second-order valence-electron chi connectivity index (χ2n) is 6.36. The fourth-order valence-corrected chi connectivity index (χ4v) is 4.42. The van der Waals surface area contributed by atoms with E-state index in [1.165, 1.54) is 44.6 Å². The number of nitrogens with one attached hydrogen (secondary N) is 1. The van der Waals surface area contributed by atoms with Gasteiger partial charge in [-0.15, -0.1) is 0 Å². The quantitative estimate of drug-likeness (QED) is 0.857. The second kappa shape index (κ2) is 6.66. The maximum atomic E-state index is 13.7. The van der Waals surface area contributed by atoms with Crippen LogP contribution < -0.4 is 10.2 Å². The molecular weight excluding hydrogens is 331 g/mol. The van der Waals surface area contributed by atoms with Crippen LogP contribution in [-0.4, -0.2) is 24.7 Å². The molecule has 21 heavy (non-hydrogen) atoms. The Morgan fingerprint density at radius 2 is 2.00 bits per heavy atom. The largest absolute Gasteiger partial charge is 0.364 e. The van der Waals surface area contributed by atoms with Crippen molar-refractivity contribution in [2.45, 2.75) is 63.6 Å². The Hall–Kier alpha value is -0.610. The molecule has 2 nitrogen and oxygen atoms in total. The fraction of sp³-hybridized carbons (Fsp3) is 0.647. The molecule has 0 spiro atoms. The number of hydrogen-bond donors (Lipinski definition) is 1. The van der Waals surface area contributed by atoms with E-state index in [2.05, 4.69) is 33.1 Å². The molecule has 1 aromatic rings. The Morgan fingerprint density at radius 1 is 1.29 bits per heavy atom. The average Bonchev–Trinajstić information content (AvgIpc) is 2.46. The zero-order valence-corrected chi connectivity index (χ0v) is 14.2. The predicted octanol–water partition coefficient (Wildman–Crippen LogP) is 4.48. The molecule has 2 aliphatic heterocycles. The molecule has 2 fully saturated rings. The first-order chi connectivity index (χ1) is 10.2. The first-order valence-corrected chi connectivity index (χ1v) is 8.95. The van der Waals surface area contributed by atoms with Crippen LogP contribution in [0.5, 0.6) is 0 Å². The van der Waals surface area contributed by atoms with Crippen molar-refractivity contribution in [3.05, 3.63) is 28.5 Å². The van der Waals surface area contributed by atoms with Crippen molar-refractivity contribution < 1.29 is 4.39 Å². The van der Waals surface area contributed by atoms with Gasteiger partial charge in [-0.2, -0.15) is 0 Å². The van der Waals surface area contributed by atoms with E-state index in [0.717, 1.165) is 16.7 Å². The minimum Gasteiger partial charge on any atom is -0.364 e. The van der Waals surface area contributed by atoms with Gasteiger partial charge in [0.2, 0.25) is 0 Å². The zero-order valence-electron chi connectivity index (χ0n) is 12.6. The number of rotatable bonds is 4. The first-order valence-electron chi connectivity index (χ1n) is 8.15. The molecule has 0 saturated carbocycles. The molecule has 0 radical (unpaired) electrons. The van der Waals surface area contributed by atoms with E-state index >= 15 is 0 Å². The van der Waals surface area contributed by atoms with Crippen molar-refractivity contribution in [3.63, 3.8) is 0 Å². The van der Waals surface area contributed by atoms with Crippen LogP contribution in [0.2, 0.25) is 0 Å². The number of halogens is 2. The van der Waals surface area contributed by atoms with Crippen LogP contribution in [-0.2, 0) is 0 Å². The van der Waals surface area contributed by atoms with Crippen LogP contribution in [0, 0.1) is 5.82 Å². The Kier molecular flexibility index (Phi) is 4.85. The lowest BCUT2D eigenvalue weighted by Gasteiger charge is -2.50. The van der Waals surface area contributed by atoms with Crippen LogP contribution in [0.3, 0.4) is 0 Å². The van der Waals surface area contributed by atoms with Gasteiger partial charge in [-0.1, -0.05) is 6.92 Å². The van der Waals surface area contributed by atoms with Gasteiger partial charge in [0.1, 0.15) is 5.82 Å². The molecule has 2 aliphatic rings. The van der Waals surface area contributed by atoms with Gasteiger partial charge < -0.3 is 10.2 Å². The second-order valence-corrected chi connectivity index (χ2v) is 7.22. The summed E-state index contributed by atoms with van der Waals surface area (Å²) in [7, 11) is 0. The molecule has 3 rings (SSSR count). The highest BCUT2D eigenvalue weighted by molar-refractivity contribution is 9.10. The summed E-state index contributed by atoms with van der Waals surface area (Å²) in [5.41, 5.74) is 1.04. The first kappa shape index (κ1) is 15.3. The monoisotopic (exact) mass is 354 g/mol. The molecule has 2 saturated heterocycles. The average molecular weight is 355 g/mol. The maximum Gasteiger partial charge on any atom is 0.125 e. The SMILES string of the molecule is CCCNC1CC2CCCC(C1)N2c1cc(F)ccc1Br. The van der Waals surface area contributed by atoms with E-state index in [9.17, 15) is 4.39 Å². The molecule has 2 bridgehead atoms. The third-order valence-electron chi connectivity index (χ3n) is 4.84. The molecule has 1 N–H and O–H groups in total. The van der Waals surface area contributed by atoms with Crippen LogP contribution in [0.1, 0.15) is 45.4 Å². The molecule has 2 unspecified atom stereocenters. The van der Waals surface area contributed by atoms with Gasteiger partial charge >= 0.3 is 0 Å². The lowest BCUT2D eigenvalue weighted by atomic mass is 9.81. The normalized spacial score (nSPS) is 28.7. The summed E-state index contributed by atoms with van der Waals surface area (Å²) >= 11 is 3.61. The molecule has 2 heterocycles. The van der Waals surface area contributed by atoms with Crippen LogP contribution >= 0.6 is 15.9 Å². The number of benzene rings is 1. The van der Waals surface area contributed by atoms with E-state index in [0.29, 0.717) is 18.1 Å². The van der Waals surface area contributed by atoms with E-state index in [-0.39, 0.29) is 5.82 Å². The fourth-order valence-electron chi connectivity index (χ4n) is 3.97. The number of fused-ring (bicyclic) bond motifs is 2. The molecule has 1 aromatic carbocycles. The number of nitrogens with zero attached hydrogens (tertiary/aromatic N) is 1. The van der Waals surface area contributed by atoms with Crippen molar-refractivity contribution in [3.8, 4) is 0 Å². The summed E-state index contributed by atoms with van der Waals surface area (Å²) in [6.45, 7) is 3.32. The van der Waals surface area contributed by atoms with Crippen LogP contribution in [0.4, 0.5) is 10.1 Å². The van der Waals surface area contributed by atoms with Crippen molar-refractivity contribution >= 4 is 21.6 Å². The van der Waals surface area contributed by atoms with Gasteiger partial charge in [0.15, 0.2) is 0 Å². The van der Waals surface area contributed by atoms with Crippen molar-refractivity contribution in [2.75, 3.05) is 11.4 Å². The summed E-state index contributed by atoms with van der Waals surface area (Å²) in [4.78, 5) is 2.49. The summed E-state index contributed by atoms with van der Waals surface area (Å²) in [5, 5.41) is 3.69.